The monoisotopic (exact) mass is 247 g/mol. The number of benzene rings is 1. The fourth-order valence-corrected chi connectivity index (χ4v) is 2.33. The van der Waals surface area contributed by atoms with Gasteiger partial charge in [0, 0.05) is 0 Å². The molecule has 1 aromatic carbocycles. The summed E-state index contributed by atoms with van der Waals surface area (Å²) in [6, 6.07) is 4.13. The van der Waals surface area contributed by atoms with Gasteiger partial charge in [0.15, 0.2) is 0 Å². The van der Waals surface area contributed by atoms with Crippen LogP contribution >= 0.6 is 0 Å². The fraction of sp³-hybridized carbons (Fsp3) is 0.533. The Balaban J connectivity index is 2.61. The molecule has 2 rings (SSSR count). The van der Waals surface area contributed by atoms with Crippen LogP contribution in [0.3, 0.4) is 0 Å². The average molecular weight is 247 g/mol. The quantitative estimate of drug-likeness (QED) is 0.823. The number of hydrogen-bond acceptors (Lipinski definition) is 2. The smallest absolute Gasteiger partial charge is 0.228 e. The van der Waals surface area contributed by atoms with Crippen molar-refractivity contribution in [3.8, 4) is 5.75 Å². The van der Waals surface area contributed by atoms with Crippen LogP contribution in [0.5, 0.6) is 5.75 Å². The zero-order valence-corrected chi connectivity index (χ0v) is 11.8. The molecule has 1 aliphatic heterocycles. The van der Waals surface area contributed by atoms with E-state index in [0.29, 0.717) is 12.3 Å². The minimum atomic E-state index is -0.463. The van der Waals surface area contributed by atoms with E-state index in [1.807, 2.05) is 20.8 Å². The van der Waals surface area contributed by atoms with Crippen molar-refractivity contribution in [2.75, 3.05) is 5.32 Å². The van der Waals surface area contributed by atoms with E-state index in [1.165, 1.54) is 0 Å². The lowest BCUT2D eigenvalue weighted by Crippen LogP contribution is -2.31. The molecule has 1 heterocycles. The molecule has 1 N–H and O–H groups in total. The number of hydrogen-bond donors (Lipinski definition) is 1. The molecule has 0 saturated heterocycles. The zero-order chi connectivity index (χ0) is 13.5. The first-order valence-corrected chi connectivity index (χ1v) is 6.42. The highest BCUT2D eigenvalue weighted by Crippen LogP contribution is 2.40. The average Bonchev–Trinajstić information content (AvgIpc) is 2.33. The first-order chi connectivity index (χ1) is 8.30. The number of aryl methyl sites for hydroxylation is 1. The van der Waals surface area contributed by atoms with Gasteiger partial charge in [-0.15, -0.1) is 0 Å². The first kappa shape index (κ1) is 12.9. The molecule has 0 fully saturated rings. The molecule has 0 saturated carbocycles. The summed E-state index contributed by atoms with van der Waals surface area (Å²) in [5.74, 6) is 1.19. The standard InChI is InChI=1S/C15H21NO2/c1-9(2)11-7-6-10(3)14-13(11)16-12(17)8-15(4,5)18-14/h6-7,9H,8H2,1-5H3,(H,16,17). The van der Waals surface area contributed by atoms with Gasteiger partial charge in [0.25, 0.3) is 0 Å². The van der Waals surface area contributed by atoms with Crippen molar-refractivity contribution in [3.63, 3.8) is 0 Å². The maximum atomic E-state index is 12.0. The molecule has 0 bridgehead atoms. The van der Waals surface area contributed by atoms with Gasteiger partial charge >= 0.3 is 0 Å². The van der Waals surface area contributed by atoms with Gasteiger partial charge in [0.2, 0.25) is 5.91 Å². The molecule has 18 heavy (non-hydrogen) atoms. The molecule has 0 atom stereocenters. The van der Waals surface area contributed by atoms with Gasteiger partial charge in [-0.05, 0) is 37.8 Å². The van der Waals surface area contributed by atoms with Gasteiger partial charge in [-0.3, -0.25) is 4.79 Å². The third kappa shape index (κ3) is 2.35. The zero-order valence-electron chi connectivity index (χ0n) is 11.8. The maximum Gasteiger partial charge on any atom is 0.228 e. The van der Waals surface area contributed by atoms with Gasteiger partial charge in [-0.1, -0.05) is 26.0 Å². The highest BCUT2D eigenvalue weighted by atomic mass is 16.5. The van der Waals surface area contributed by atoms with Crippen LogP contribution < -0.4 is 10.1 Å². The summed E-state index contributed by atoms with van der Waals surface area (Å²) >= 11 is 0. The minimum Gasteiger partial charge on any atom is -0.485 e. The summed E-state index contributed by atoms with van der Waals surface area (Å²) < 4.78 is 6.05. The number of amides is 1. The Morgan fingerprint density at radius 1 is 1.33 bits per heavy atom. The maximum absolute atomic E-state index is 12.0. The van der Waals surface area contributed by atoms with Gasteiger partial charge in [0.1, 0.15) is 11.4 Å². The highest BCUT2D eigenvalue weighted by molar-refractivity contribution is 5.95. The Morgan fingerprint density at radius 2 is 2.00 bits per heavy atom. The second kappa shape index (κ2) is 4.30. The second-order valence-corrected chi connectivity index (χ2v) is 5.92. The van der Waals surface area contributed by atoms with E-state index in [2.05, 4.69) is 31.3 Å². The Morgan fingerprint density at radius 3 is 2.61 bits per heavy atom. The Labute approximate surface area is 109 Å². The molecule has 1 amide bonds. The van der Waals surface area contributed by atoms with Crippen LogP contribution in [0.4, 0.5) is 5.69 Å². The molecular weight excluding hydrogens is 226 g/mol. The van der Waals surface area contributed by atoms with E-state index in [4.69, 9.17) is 4.74 Å². The summed E-state index contributed by atoms with van der Waals surface area (Å²) in [6.45, 7) is 10.1. The van der Waals surface area contributed by atoms with E-state index in [-0.39, 0.29) is 5.91 Å². The van der Waals surface area contributed by atoms with Gasteiger partial charge in [-0.25, -0.2) is 0 Å². The van der Waals surface area contributed by atoms with Crippen LogP contribution in [0.25, 0.3) is 0 Å². The van der Waals surface area contributed by atoms with Crippen LogP contribution in [-0.2, 0) is 4.79 Å². The lowest BCUT2D eigenvalue weighted by atomic mass is 9.98. The van der Waals surface area contributed by atoms with Crippen LogP contribution in [0.1, 0.15) is 51.2 Å². The summed E-state index contributed by atoms with van der Waals surface area (Å²) in [7, 11) is 0. The van der Waals surface area contributed by atoms with Crippen molar-refractivity contribution < 1.29 is 9.53 Å². The Kier molecular flexibility index (Phi) is 3.09. The molecule has 0 aliphatic carbocycles. The van der Waals surface area contributed by atoms with E-state index < -0.39 is 5.60 Å². The number of ether oxygens (including phenoxy) is 1. The molecular formula is C15H21NO2. The Hall–Kier alpha value is -1.51. The van der Waals surface area contributed by atoms with E-state index in [9.17, 15) is 4.79 Å². The van der Waals surface area contributed by atoms with Crippen molar-refractivity contribution in [2.24, 2.45) is 0 Å². The predicted molar refractivity (Wildman–Crippen MR) is 73.2 cm³/mol. The molecule has 0 radical (unpaired) electrons. The number of fused-ring (bicyclic) bond motifs is 1. The number of carbonyl (C=O) groups is 1. The third-order valence-corrected chi connectivity index (χ3v) is 3.24. The summed E-state index contributed by atoms with van der Waals surface area (Å²) in [6.07, 6.45) is 0.374. The minimum absolute atomic E-state index is 0.0197. The van der Waals surface area contributed by atoms with Gasteiger partial charge in [0.05, 0.1) is 12.1 Å². The first-order valence-electron chi connectivity index (χ1n) is 6.42. The third-order valence-electron chi connectivity index (χ3n) is 3.24. The Bertz CT molecular complexity index is 490. The molecule has 0 unspecified atom stereocenters. The molecule has 3 nitrogen and oxygen atoms in total. The van der Waals surface area contributed by atoms with E-state index in [0.717, 1.165) is 22.6 Å². The van der Waals surface area contributed by atoms with E-state index >= 15 is 0 Å². The SMILES string of the molecule is Cc1ccc(C(C)C)c2c1OC(C)(C)CC(=O)N2. The highest BCUT2D eigenvalue weighted by Gasteiger charge is 2.31. The van der Waals surface area contributed by atoms with Gasteiger partial charge < -0.3 is 10.1 Å². The van der Waals surface area contributed by atoms with Crippen molar-refractivity contribution in [1.29, 1.82) is 0 Å². The fourth-order valence-electron chi connectivity index (χ4n) is 2.33. The number of anilines is 1. The van der Waals surface area contributed by atoms with Crippen molar-refractivity contribution in [1.82, 2.24) is 0 Å². The van der Waals surface area contributed by atoms with Crippen molar-refractivity contribution in [2.45, 2.75) is 52.6 Å². The van der Waals surface area contributed by atoms with Crippen molar-refractivity contribution in [3.05, 3.63) is 23.3 Å². The molecule has 3 heteroatoms. The van der Waals surface area contributed by atoms with Crippen molar-refractivity contribution >= 4 is 11.6 Å². The van der Waals surface area contributed by atoms with Crippen LogP contribution in [-0.4, -0.2) is 11.5 Å². The second-order valence-electron chi connectivity index (χ2n) is 5.92. The number of carbonyl (C=O) groups excluding carboxylic acids is 1. The van der Waals surface area contributed by atoms with Crippen LogP contribution in [0, 0.1) is 6.92 Å². The lowest BCUT2D eigenvalue weighted by molar-refractivity contribution is -0.118. The molecule has 0 spiro atoms. The summed E-state index contributed by atoms with van der Waals surface area (Å²) in [4.78, 5) is 12.0. The molecule has 0 aromatic heterocycles. The summed E-state index contributed by atoms with van der Waals surface area (Å²) in [5.41, 5.74) is 2.57. The number of nitrogens with one attached hydrogen (secondary N) is 1. The van der Waals surface area contributed by atoms with Crippen LogP contribution in [0.15, 0.2) is 12.1 Å². The topological polar surface area (TPSA) is 38.3 Å². The lowest BCUT2D eigenvalue weighted by Gasteiger charge is -2.25. The number of rotatable bonds is 1. The molecule has 1 aliphatic rings. The largest absolute Gasteiger partial charge is 0.485 e. The van der Waals surface area contributed by atoms with E-state index in [1.54, 1.807) is 0 Å². The predicted octanol–water partition coefficient (Wildman–Crippen LogP) is 3.62. The summed E-state index contributed by atoms with van der Waals surface area (Å²) in [5, 5.41) is 3.00. The van der Waals surface area contributed by atoms with Crippen LogP contribution in [0.2, 0.25) is 0 Å². The normalized spacial score (nSPS) is 17.8. The van der Waals surface area contributed by atoms with Gasteiger partial charge in [-0.2, -0.15) is 0 Å². The molecule has 98 valence electrons. The molecule has 1 aromatic rings.